The number of benzene rings is 2. The molecule has 2 heterocycles. The zero-order valence-electron chi connectivity index (χ0n) is 17.6. The maximum atomic E-state index is 12.9. The summed E-state index contributed by atoms with van der Waals surface area (Å²) >= 11 is 6.20. The lowest BCUT2D eigenvalue weighted by Crippen LogP contribution is -2.31. The van der Waals surface area contributed by atoms with Gasteiger partial charge in [-0.3, -0.25) is 4.79 Å². The number of aryl methyl sites for hydroxylation is 1. The molecule has 0 aliphatic heterocycles. The van der Waals surface area contributed by atoms with Crippen LogP contribution < -0.4 is 0 Å². The SMILES string of the molecule is Cc1ccc(-c2noc(CCN(Cc3ccco3)C(=O)/C=C/c3ccccc3)n2)cc1Cl. The first-order valence-electron chi connectivity index (χ1n) is 10.2. The minimum absolute atomic E-state index is 0.129. The van der Waals surface area contributed by atoms with Gasteiger partial charge in [-0.15, -0.1) is 0 Å². The predicted molar refractivity (Wildman–Crippen MR) is 123 cm³/mol. The number of rotatable bonds is 8. The van der Waals surface area contributed by atoms with E-state index in [9.17, 15) is 4.79 Å². The number of carbonyl (C=O) groups excluding carboxylic acids is 1. The van der Waals surface area contributed by atoms with E-state index < -0.39 is 0 Å². The van der Waals surface area contributed by atoms with Gasteiger partial charge in [-0.05, 0) is 42.3 Å². The van der Waals surface area contributed by atoms with Crippen LogP contribution >= 0.6 is 11.6 Å². The molecule has 7 heteroatoms. The fraction of sp³-hybridized carbons (Fsp3) is 0.160. The van der Waals surface area contributed by atoms with Crippen molar-refractivity contribution in [2.45, 2.75) is 19.9 Å². The lowest BCUT2D eigenvalue weighted by atomic mass is 10.1. The Labute approximate surface area is 191 Å². The van der Waals surface area contributed by atoms with Crippen LogP contribution in [0.2, 0.25) is 5.02 Å². The average molecular weight is 448 g/mol. The van der Waals surface area contributed by atoms with E-state index in [1.165, 1.54) is 0 Å². The largest absolute Gasteiger partial charge is 0.467 e. The van der Waals surface area contributed by atoms with Gasteiger partial charge in [0.1, 0.15) is 5.76 Å². The third kappa shape index (κ3) is 5.53. The minimum Gasteiger partial charge on any atom is -0.467 e. The molecule has 162 valence electrons. The first kappa shape index (κ1) is 21.6. The highest BCUT2D eigenvalue weighted by molar-refractivity contribution is 6.31. The molecular weight excluding hydrogens is 426 g/mol. The first-order chi connectivity index (χ1) is 15.6. The number of hydrogen-bond acceptors (Lipinski definition) is 5. The lowest BCUT2D eigenvalue weighted by molar-refractivity contribution is -0.126. The smallest absolute Gasteiger partial charge is 0.246 e. The van der Waals surface area contributed by atoms with Crippen molar-refractivity contribution in [2.75, 3.05) is 6.54 Å². The predicted octanol–water partition coefficient (Wildman–Crippen LogP) is 5.58. The van der Waals surface area contributed by atoms with E-state index >= 15 is 0 Å². The standard InChI is InChI=1S/C25H22ClN3O3/c1-18-9-11-20(16-22(18)26)25-27-23(32-28-25)13-14-29(17-21-8-5-15-31-21)24(30)12-10-19-6-3-2-4-7-19/h2-12,15-16H,13-14,17H2,1H3/b12-10+. The summed E-state index contributed by atoms with van der Waals surface area (Å²) in [6.07, 6.45) is 5.36. The van der Waals surface area contributed by atoms with Crippen molar-refractivity contribution in [2.24, 2.45) is 0 Å². The van der Waals surface area contributed by atoms with Gasteiger partial charge in [0.15, 0.2) is 0 Å². The van der Waals surface area contributed by atoms with Crippen LogP contribution in [0.5, 0.6) is 0 Å². The molecule has 2 aromatic carbocycles. The number of nitrogens with zero attached hydrogens (tertiary/aromatic N) is 3. The molecule has 6 nitrogen and oxygen atoms in total. The molecule has 0 aliphatic rings. The van der Waals surface area contributed by atoms with Gasteiger partial charge >= 0.3 is 0 Å². The van der Waals surface area contributed by atoms with Gasteiger partial charge in [0.05, 0.1) is 12.8 Å². The van der Waals surface area contributed by atoms with Gasteiger partial charge < -0.3 is 13.8 Å². The Morgan fingerprint density at radius 1 is 1.12 bits per heavy atom. The Kier molecular flexibility index (Phi) is 6.82. The van der Waals surface area contributed by atoms with Gasteiger partial charge in [0.25, 0.3) is 0 Å². The summed E-state index contributed by atoms with van der Waals surface area (Å²) in [5.41, 5.74) is 2.72. The number of carbonyl (C=O) groups is 1. The molecule has 0 atom stereocenters. The highest BCUT2D eigenvalue weighted by atomic mass is 35.5. The fourth-order valence-corrected chi connectivity index (χ4v) is 3.31. The third-order valence-corrected chi connectivity index (χ3v) is 5.36. The Balaban J connectivity index is 1.45. The molecule has 0 spiro atoms. The maximum Gasteiger partial charge on any atom is 0.246 e. The summed E-state index contributed by atoms with van der Waals surface area (Å²) < 4.78 is 10.8. The third-order valence-electron chi connectivity index (χ3n) is 4.95. The fourth-order valence-electron chi connectivity index (χ4n) is 3.13. The molecule has 2 aromatic heterocycles. The molecule has 1 amide bonds. The number of aromatic nitrogens is 2. The van der Waals surface area contributed by atoms with Crippen LogP contribution in [-0.2, 0) is 17.8 Å². The van der Waals surface area contributed by atoms with E-state index in [2.05, 4.69) is 10.1 Å². The zero-order valence-corrected chi connectivity index (χ0v) is 18.3. The van der Waals surface area contributed by atoms with Crippen LogP contribution in [0, 0.1) is 6.92 Å². The Morgan fingerprint density at radius 3 is 2.72 bits per heavy atom. The van der Waals surface area contributed by atoms with Crippen molar-refractivity contribution < 1.29 is 13.7 Å². The monoisotopic (exact) mass is 447 g/mol. The van der Waals surface area contributed by atoms with Crippen LogP contribution in [0.3, 0.4) is 0 Å². The number of amides is 1. The maximum absolute atomic E-state index is 12.9. The molecule has 0 bridgehead atoms. The topological polar surface area (TPSA) is 72.4 Å². The van der Waals surface area contributed by atoms with E-state index in [1.54, 1.807) is 29.4 Å². The molecule has 0 aliphatic carbocycles. The summed E-state index contributed by atoms with van der Waals surface area (Å²) in [5, 5.41) is 4.70. The molecule has 0 fully saturated rings. The van der Waals surface area contributed by atoms with Crippen molar-refractivity contribution in [1.29, 1.82) is 0 Å². The van der Waals surface area contributed by atoms with Gasteiger partial charge in [0.2, 0.25) is 17.6 Å². The van der Waals surface area contributed by atoms with Crippen molar-refractivity contribution >= 4 is 23.6 Å². The highest BCUT2D eigenvalue weighted by Gasteiger charge is 2.16. The van der Waals surface area contributed by atoms with Crippen molar-refractivity contribution in [3.8, 4) is 11.4 Å². The molecule has 32 heavy (non-hydrogen) atoms. The molecular formula is C25H22ClN3O3. The van der Waals surface area contributed by atoms with Crippen molar-refractivity contribution in [3.05, 3.63) is 101 Å². The summed E-state index contributed by atoms with van der Waals surface area (Å²) in [7, 11) is 0. The van der Waals surface area contributed by atoms with E-state index in [0.717, 1.165) is 16.7 Å². The normalized spacial score (nSPS) is 11.2. The number of hydrogen-bond donors (Lipinski definition) is 0. The van der Waals surface area contributed by atoms with Crippen LogP contribution in [0.1, 0.15) is 22.8 Å². The number of halogens is 1. The molecule has 0 saturated carbocycles. The molecule has 0 saturated heterocycles. The quantitative estimate of drug-likeness (QED) is 0.330. The van der Waals surface area contributed by atoms with Crippen LogP contribution in [0.4, 0.5) is 0 Å². The second kappa shape index (κ2) is 10.1. The summed E-state index contributed by atoms with van der Waals surface area (Å²) in [4.78, 5) is 19.0. The van der Waals surface area contributed by atoms with Gasteiger partial charge in [0, 0.05) is 29.6 Å². The second-order valence-electron chi connectivity index (χ2n) is 7.31. The highest BCUT2D eigenvalue weighted by Crippen LogP contribution is 2.23. The average Bonchev–Trinajstić information content (AvgIpc) is 3.50. The molecule has 4 aromatic rings. The Morgan fingerprint density at radius 2 is 1.97 bits per heavy atom. The van der Waals surface area contributed by atoms with Crippen LogP contribution in [0.15, 0.2) is 81.9 Å². The number of furan rings is 1. The van der Waals surface area contributed by atoms with Gasteiger partial charge in [-0.1, -0.05) is 59.2 Å². The molecule has 4 rings (SSSR count). The molecule has 0 unspecified atom stereocenters. The minimum atomic E-state index is -0.129. The van der Waals surface area contributed by atoms with E-state index in [4.69, 9.17) is 20.5 Å². The van der Waals surface area contributed by atoms with E-state index in [1.807, 2.05) is 61.5 Å². The van der Waals surface area contributed by atoms with Crippen molar-refractivity contribution in [1.82, 2.24) is 15.0 Å². The van der Waals surface area contributed by atoms with E-state index in [0.29, 0.717) is 42.0 Å². The van der Waals surface area contributed by atoms with Gasteiger partial charge in [-0.25, -0.2) is 0 Å². The second-order valence-corrected chi connectivity index (χ2v) is 7.72. The summed E-state index contributed by atoms with van der Waals surface area (Å²) in [6, 6.07) is 18.9. The van der Waals surface area contributed by atoms with Crippen LogP contribution in [0.25, 0.3) is 17.5 Å². The zero-order chi connectivity index (χ0) is 22.3. The summed E-state index contributed by atoms with van der Waals surface area (Å²) in [6.45, 7) is 2.68. The van der Waals surface area contributed by atoms with E-state index in [-0.39, 0.29) is 5.91 Å². The van der Waals surface area contributed by atoms with Gasteiger partial charge in [-0.2, -0.15) is 4.98 Å². The van der Waals surface area contributed by atoms with Crippen molar-refractivity contribution in [3.63, 3.8) is 0 Å². The first-order valence-corrected chi connectivity index (χ1v) is 10.6. The Hall–Kier alpha value is -3.64. The van der Waals surface area contributed by atoms with Crippen LogP contribution in [-0.4, -0.2) is 27.5 Å². The lowest BCUT2D eigenvalue weighted by Gasteiger charge is -2.19. The summed E-state index contributed by atoms with van der Waals surface area (Å²) in [5.74, 6) is 1.48. The molecule has 0 radical (unpaired) electrons. The molecule has 0 N–H and O–H groups in total. The Bertz CT molecular complexity index is 1200.